The molecule has 32 heavy (non-hydrogen) atoms. The van der Waals surface area contributed by atoms with E-state index in [0.29, 0.717) is 5.69 Å². The van der Waals surface area contributed by atoms with Gasteiger partial charge < -0.3 is 15.7 Å². The molecule has 1 aliphatic rings. The van der Waals surface area contributed by atoms with Gasteiger partial charge in [0.1, 0.15) is 5.52 Å². The average Bonchev–Trinajstić information content (AvgIpc) is 3.42. The van der Waals surface area contributed by atoms with Gasteiger partial charge in [0.25, 0.3) is 0 Å². The SMILES string of the molecule is Cc1cc(C)cc(-c2cnc3ccn(-c4ccc(C(=O)O)c(NC5CCNC5)c4)c3n2)c1. The summed E-state index contributed by atoms with van der Waals surface area (Å²) in [5.41, 5.74) is 7.43. The Morgan fingerprint density at radius 3 is 2.69 bits per heavy atom. The number of carboxylic acids is 1. The lowest BCUT2D eigenvalue weighted by molar-refractivity contribution is 0.0698. The van der Waals surface area contributed by atoms with Crippen molar-refractivity contribution in [2.45, 2.75) is 26.3 Å². The van der Waals surface area contributed by atoms with Crippen LogP contribution in [-0.2, 0) is 0 Å². The number of fused-ring (bicyclic) bond motifs is 1. The van der Waals surface area contributed by atoms with E-state index < -0.39 is 5.97 Å². The molecule has 1 aliphatic heterocycles. The van der Waals surface area contributed by atoms with Gasteiger partial charge in [-0.25, -0.2) is 9.78 Å². The standard InChI is InChI=1S/C25H25N5O2/c1-15-9-16(2)11-17(10-15)23-14-27-21-6-8-30(24(21)29-23)19-3-4-20(25(31)32)22(12-19)28-18-5-7-26-13-18/h3-4,6,8-12,14,18,26,28H,5,7,13H2,1-2H3,(H,31,32). The van der Waals surface area contributed by atoms with Crippen molar-refractivity contribution in [3.8, 4) is 16.9 Å². The van der Waals surface area contributed by atoms with Gasteiger partial charge in [0.15, 0.2) is 5.65 Å². The van der Waals surface area contributed by atoms with E-state index in [1.54, 1.807) is 12.3 Å². The molecule has 1 saturated heterocycles. The molecule has 1 unspecified atom stereocenters. The van der Waals surface area contributed by atoms with Crippen LogP contribution >= 0.6 is 0 Å². The van der Waals surface area contributed by atoms with E-state index in [0.717, 1.165) is 47.6 Å². The van der Waals surface area contributed by atoms with Crippen LogP contribution in [0.2, 0.25) is 0 Å². The zero-order valence-corrected chi connectivity index (χ0v) is 18.1. The first kappa shape index (κ1) is 20.2. The number of hydrogen-bond acceptors (Lipinski definition) is 5. The van der Waals surface area contributed by atoms with Crippen LogP contribution < -0.4 is 10.6 Å². The summed E-state index contributed by atoms with van der Waals surface area (Å²) in [5.74, 6) is -0.945. The molecule has 7 heteroatoms. The number of anilines is 1. The lowest BCUT2D eigenvalue weighted by Crippen LogP contribution is -2.23. The van der Waals surface area contributed by atoms with E-state index in [1.165, 1.54) is 11.1 Å². The number of nitrogens with zero attached hydrogens (tertiary/aromatic N) is 3. The second-order valence-corrected chi connectivity index (χ2v) is 8.40. The lowest BCUT2D eigenvalue weighted by Gasteiger charge is -2.17. The number of aryl methyl sites for hydroxylation is 2. The summed E-state index contributed by atoms with van der Waals surface area (Å²) < 4.78 is 1.96. The van der Waals surface area contributed by atoms with Gasteiger partial charge in [-0.3, -0.25) is 9.55 Å². The first-order valence-corrected chi connectivity index (χ1v) is 10.8. The molecule has 2 aromatic carbocycles. The van der Waals surface area contributed by atoms with E-state index in [9.17, 15) is 9.90 Å². The summed E-state index contributed by atoms with van der Waals surface area (Å²) in [7, 11) is 0. The molecule has 0 bridgehead atoms. The second-order valence-electron chi connectivity index (χ2n) is 8.40. The second kappa shape index (κ2) is 8.09. The topological polar surface area (TPSA) is 92.1 Å². The maximum absolute atomic E-state index is 11.8. The van der Waals surface area contributed by atoms with Crippen molar-refractivity contribution >= 4 is 22.8 Å². The minimum atomic E-state index is -0.945. The molecule has 0 radical (unpaired) electrons. The van der Waals surface area contributed by atoms with Gasteiger partial charge in [-0.15, -0.1) is 0 Å². The fourth-order valence-corrected chi connectivity index (χ4v) is 4.35. The third-order valence-electron chi connectivity index (χ3n) is 5.84. The molecule has 0 spiro atoms. The van der Waals surface area contributed by atoms with Gasteiger partial charge in [0.2, 0.25) is 0 Å². The highest BCUT2D eigenvalue weighted by Gasteiger charge is 2.19. The van der Waals surface area contributed by atoms with E-state index in [1.807, 2.05) is 29.0 Å². The molecule has 0 amide bonds. The van der Waals surface area contributed by atoms with E-state index in [-0.39, 0.29) is 11.6 Å². The van der Waals surface area contributed by atoms with Crippen molar-refractivity contribution in [1.82, 2.24) is 19.9 Å². The quantitative estimate of drug-likeness (QED) is 0.443. The van der Waals surface area contributed by atoms with Gasteiger partial charge in [-0.05, 0) is 63.2 Å². The third-order valence-corrected chi connectivity index (χ3v) is 5.84. The maximum atomic E-state index is 11.8. The van der Waals surface area contributed by atoms with E-state index in [4.69, 9.17) is 4.98 Å². The summed E-state index contributed by atoms with van der Waals surface area (Å²) in [6.45, 7) is 5.90. The highest BCUT2D eigenvalue weighted by molar-refractivity contribution is 5.95. The van der Waals surface area contributed by atoms with E-state index >= 15 is 0 Å². The monoisotopic (exact) mass is 427 g/mol. The summed E-state index contributed by atoms with van der Waals surface area (Å²) in [5, 5.41) is 16.4. The fraction of sp³-hybridized carbons (Fsp3) is 0.240. The Labute approximate surface area is 186 Å². The average molecular weight is 428 g/mol. The number of carbonyl (C=O) groups is 1. The van der Waals surface area contributed by atoms with Crippen LogP contribution in [0.5, 0.6) is 0 Å². The van der Waals surface area contributed by atoms with Gasteiger partial charge in [0, 0.05) is 30.0 Å². The van der Waals surface area contributed by atoms with Crippen LogP contribution in [0.15, 0.2) is 54.9 Å². The zero-order chi connectivity index (χ0) is 22.2. The van der Waals surface area contributed by atoms with Crippen LogP contribution in [0.3, 0.4) is 0 Å². The van der Waals surface area contributed by atoms with Crippen molar-refractivity contribution < 1.29 is 9.90 Å². The molecule has 0 saturated carbocycles. The Kier molecular flexibility index (Phi) is 5.11. The predicted octanol–water partition coefficient (Wildman–Crippen LogP) is 4.18. The number of aromatic nitrogens is 3. The lowest BCUT2D eigenvalue weighted by atomic mass is 10.1. The molecular formula is C25H25N5O2. The molecule has 3 N–H and O–H groups in total. The van der Waals surface area contributed by atoms with Crippen molar-refractivity contribution in [2.24, 2.45) is 0 Å². The Morgan fingerprint density at radius 2 is 1.97 bits per heavy atom. The van der Waals surface area contributed by atoms with Gasteiger partial charge in [0.05, 0.1) is 23.1 Å². The van der Waals surface area contributed by atoms with Crippen LogP contribution in [0.1, 0.15) is 27.9 Å². The minimum absolute atomic E-state index is 0.209. The van der Waals surface area contributed by atoms with Gasteiger partial charge in [-0.1, -0.05) is 17.2 Å². The molecule has 1 atom stereocenters. The zero-order valence-electron chi connectivity index (χ0n) is 18.1. The largest absolute Gasteiger partial charge is 0.478 e. The number of aromatic carboxylic acids is 1. The highest BCUT2D eigenvalue weighted by atomic mass is 16.4. The van der Waals surface area contributed by atoms with Crippen molar-refractivity contribution in [3.63, 3.8) is 0 Å². The Balaban J connectivity index is 1.58. The first-order valence-electron chi connectivity index (χ1n) is 10.8. The van der Waals surface area contributed by atoms with Crippen molar-refractivity contribution in [1.29, 1.82) is 0 Å². The normalized spacial score (nSPS) is 15.9. The molecule has 5 rings (SSSR count). The highest BCUT2D eigenvalue weighted by Crippen LogP contribution is 2.27. The van der Waals surface area contributed by atoms with Crippen LogP contribution in [-0.4, -0.2) is 44.7 Å². The maximum Gasteiger partial charge on any atom is 0.337 e. The molecular weight excluding hydrogens is 402 g/mol. The van der Waals surface area contributed by atoms with Crippen molar-refractivity contribution in [3.05, 3.63) is 71.5 Å². The number of benzene rings is 2. The molecule has 3 heterocycles. The number of hydrogen-bond donors (Lipinski definition) is 3. The van der Waals surface area contributed by atoms with E-state index in [2.05, 4.69) is 47.7 Å². The van der Waals surface area contributed by atoms with Crippen LogP contribution in [0, 0.1) is 13.8 Å². The molecule has 0 aliphatic carbocycles. The summed E-state index contributed by atoms with van der Waals surface area (Å²) in [6, 6.07) is 13.8. The van der Waals surface area contributed by atoms with Crippen molar-refractivity contribution in [2.75, 3.05) is 18.4 Å². The van der Waals surface area contributed by atoms with Gasteiger partial charge >= 0.3 is 5.97 Å². The first-order chi connectivity index (χ1) is 15.5. The van der Waals surface area contributed by atoms with Crippen LogP contribution in [0.25, 0.3) is 28.1 Å². The summed E-state index contributed by atoms with van der Waals surface area (Å²) in [6.07, 6.45) is 4.68. The Bertz CT molecular complexity index is 1300. The summed E-state index contributed by atoms with van der Waals surface area (Å²) in [4.78, 5) is 21.3. The Morgan fingerprint density at radius 1 is 1.16 bits per heavy atom. The Hall–Kier alpha value is -3.71. The molecule has 7 nitrogen and oxygen atoms in total. The van der Waals surface area contributed by atoms with Crippen LogP contribution in [0.4, 0.5) is 5.69 Å². The molecule has 4 aromatic rings. The number of rotatable bonds is 5. The van der Waals surface area contributed by atoms with Gasteiger partial charge in [-0.2, -0.15) is 0 Å². The summed E-state index contributed by atoms with van der Waals surface area (Å²) >= 11 is 0. The fourth-order valence-electron chi connectivity index (χ4n) is 4.35. The smallest absolute Gasteiger partial charge is 0.337 e. The third kappa shape index (κ3) is 3.83. The molecule has 1 fully saturated rings. The number of carboxylic acid groups (broad SMARTS) is 1. The number of nitrogens with one attached hydrogen (secondary N) is 2. The predicted molar refractivity (Wildman–Crippen MR) is 126 cm³/mol. The molecule has 2 aromatic heterocycles. The molecule has 162 valence electrons. The minimum Gasteiger partial charge on any atom is -0.478 e.